The fraction of sp³-hybridized carbons (Fsp3) is 0.350. The molecule has 0 aromatic heterocycles. The predicted octanol–water partition coefficient (Wildman–Crippen LogP) is 2.83. The summed E-state index contributed by atoms with van der Waals surface area (Å²) in [5, 5.41) is 17.1. The smallest absolute Gasteiger partial charge is 0.225 e. The van der Waals surface area contributed by atoms with Crippen molar-refractivity contribution in [1.82, 2.24) is 5.32 Å². The molecular formula is C20H24N2O2. The molecule has 0 bridgehead atoms. The van der Waals surface area contributed by atoms with Crippen LogP contribution in [0.3, 0.4) is 0 Å². The first-order valence-electron chi connectivity index (χ1n) is 8.46. The van der Waals surface area contributed by atoms with Crippen LogP contribution in [0, 0.1) is 0 Å². The fourth-order valence-corrected chi connectivity index (χ4v) is 3.28. The summed E-state index contributed by atoms with van der Waals surface area (Å²) in [5.74, 6) is -0.0278. The van der Waals surface area contributed by atoms with Crippen LogP contribution in [0.2, 0.25) is 0 Å². The highest BCUT2D eigenvalue weighted by atomic mass is 16.3. The molecule has 1 aliphatic carbocycles. The van der Waals surface area contributed by atoms with E-state index in [1.165, 1.54) is 5.56 Å². The van der Waals surface area contributed by atoms with Crippen LogP contribution < -0.4 is 10.6 Å². The highest BCUT2D eigenvalue weighted by Gasteiger charge is 2.36. The number of benzene rings is 2. The Morgan fingerprint density at radius 2 is 1.88 bits per heavy atom. The van der Waals surface area contributed by atoms with Gasteiger partial charge < -0.3 is 15.7 Å². The second-order valence-corrected chi connectivity index (χ2v) is 6.59. The Morgan fingerprint density at radius 3 is 2.67 bits per heavy atom. The summed E-state index contributed by atoms with van der Waals surface area (Å²) < 4.78 is 0. The van der Waals surface area contributed by atoms with Crippen LogP contribution in [-0.2, 0) is 16.8 Å². The van der Waals surface area contributed by atoms with E-state index in [0.29, 0.717) is 13.0 Å². The Kier molecular flexibility index (Phi) is 4.97. The molecule has 0 saturated carbocycles. The Morgan fingerprint density at radius 1 is 1.17 bits per heavy atom. The van der Waals surface area contributed by atoms with Gasteiger partial charge >= 0.3 is 0 Å². The normalized spacial score (nSPS) is 20.4. The van der Waals surface area contributed by atoms with Crippen LogP contribution in [0.1, 0.15) is 30.9 Å². The fourth-order valence-electron chi connectivity index (χ4n) is 3.28. The summed E-state index contributed by atoms with van der Waals surface area (Å²) >= 11 is 0. The molecule has 0 fully saturated rings. The van der Waals surface area contributed by atoms with Crippen LogP contribution in [0.15, 0.2) is 54.6 Å². The Labute approximate surface area is 142 Å². The third-order valence-corrected chi connectivity index (χ3v) is 4.62. The number of nitrogens with one attached hydrogen (secondary N) is 2. The predicted molar refractivity (Wildman–Crippen MR) is 95.8 cm³/mol. The molecule has 1 aliphatic rings. The number of amides is 1. The summed E-state index contributed by atoms with van der Waals surface area (Å²) in [4.78, 5) is 12.1. The molecule has 0 spiro atoms. The second-order valence-electron chi connectivity index (χ2n) is 6.59. The zero-order valence-electron chi connectivity index (χ0n) is 14.0. The Hall–Kier alpha value is -2.17. The minimum Gasteiger partial charge on any atom is -0.384 e. The quantitative estimate of drug-likeness (QED) is 0.766. The molecule has 4 heteroatoms. The van der Waals surface area contributed by atoms with Crippen molar-refractivity contribution >= 4 is 11.6 Å². The standard InChI is InChI=1S/C20H24N2O2/c1-15(13-19(23)22-17-8-3-2-4-9-17)21-14-20(24)12-11-16-7-5-6-10-18(16)20/h2-10,15,21,24H,11-14H2,1H3,(H,22,23)/t15-,20-/m0/s1. The van der Waals surface area contributed by atoms with E-state index in [1.807, 2.05) is 55.5 Å². The number of carbonyl (C=O) groups is 1. The first-order valence-corrected chi connectivity index (χ1v) is 8.46. The average Bonchev–Trinajstić information content (AvgIpc) is 2.92. The zero-order valence-corrected chi connectivity index (χ0v) is 14.0. The van der Waals surface area contributed by atoms with Gasteiger partial charge in [0.1, 0.15) is 5.60 Å². The zero-order chi connectivity index (χ0) is 17.0. The van der Waals surface area contributed by atoms with Crippen molar-refractivity contribution in [3.63, 3.8) is 0 Å². The summed E-state index contributed by atoms with van der Waals surface area (Å²) in [6.07, 6.45) is 1.99. The third-order valence-electron chi connectivity index (χ3n) is 4.62. The molecule has 2 aromatic rings. The number of hydrogen-bond acceptors (Lipinski definition) is 3. The Balaban J connectivity index is 1.51. The maximum atomic E-state index is 12.1. The van der Waals surface area contributed by atoms with Gasteiger partial charge in [0, 0.05) is 24.7 Å². The van der Waals surface area contributed by atoms with Crippen LogP contribution in [0.4, 0.5) is 5.69 Å². The summed E-state index contributed by atoms with van der Waals surface area (Å²) in [7, 11) is 0. The number of carbonyl (C=O) groups excluding carboxylic acids is 1. The summed E-state index contributed by atoms with van der Waals surface area (Å²) in [6, 6.07) is 17.5. The van der Waals surface area contributed by atoms with E-state index < -0.39 is 5.60 Å². The SMILES string of the molecule is C[C@@H](CC(=O)Nc1ccccc1)NC[C@@]1(O)CCc2ccccc21. The van der Waals surface area contributed by atoms with E-state index >= 15 is 0 Å². The molecule has 0 aliphatic heterocycles. The van der Waals surface area contributed by atoms with E-state index in [0.717, 1.165) is 24.1 Å². The molecule has 3 N–H and O–H groups in total. The van der Waals surface area contributed by atoms with Crippen molar-refractivity contribution < 1.29 is 9.90 Å². The van der Waals surface area contributed by atoms with Crippen molar-refractivity contribution in [3.8, 4) is 0 Å². The number of rotatable bonds is 6. The molecule has 0 unspecified atom stereocenters. The minimum absolute atomic E-state index is 0.00880. The van der Waals surface area contributed by atoms with Gasteiger partial charge in [0.15, 0.2) is 0 Å². The van der Waals surface area contributed by atoms with Gasteiger partial charge in [-0.05, 0) is 43.0 Å². The van der Waals surface area contributed by atoms with Gasteiger partial charge in [0.2, 0.25) is 5.91 Å². The topological polar surface area (TPSA) is 61.4 Å². The van der Waals surface area contributed by atoms with Gasteiger partial charge in [-0.15, -0.1) is 0 Å². The average molecular weight is 324 g/mol. The Bertz CT molecular complexity index is 702. The van der Waals surface area contributed by atoms with E-state index in [4.69, 9.17) is 0 Å². The van der Waals surface area contributed by atoms with Crippen LogP contribution in [0.25, 0.3) is 0 Å². The molecular weight excluding hydrogens is 300 g/mol. The first-order chi connectivity index (χ1) is 11.6. The van der Waals surface area contributed by atoms with Crippen molar-refractivity contribution in [2.24, 2.45) is 0 Å². The maximum absolute atomic E-state index is 12.1. The van der Waals surface area contributed by atoms with Gasteiger partial charge in [-0.25, -0.2) is 0 Å². The molecule has 3 rings (SSSR count). The summed E-state index contributed by atoms with van der Waals surface area (Å²) in [5.41, 5.74) is 2.20. The monoisotopic (exact) mass is 324 g/mol. The molecule has 1 amide bonds. The van der Waals surface area contributed by atoms with Crippen molar-refractivity contribution in [1.29, 1.82) is 0 Å². The molecule has 0 heterocycles. The number of anilines is 1. The molecule has 126 valence electrons. The van der Waals surface area contributed by atoms with Crippen molar-refractivity contribution in [2.75, 3.05) is 11.9 Å². The van der Waals surface area contributed by atoms with Gasteiger partial charge in [0.25, 0.3) is 0 Å². The molecule has 0 saturated heterocycles. The molecule has 24 heavy (non-hydrogen) atoms. The molecule has 4 nitrogen and oxygen atoms in total. The lowest BCUT2D eigenvalue weighted by molar-refractivity contribution is -0.116. The van der Waals surface area contributed by atoms with Crippen LogP contribution in [0.5, 0.6) is 0 Å². The molecule has 2 aromatic carbocycles. The summed E-state index contributed by atoms with van der Waals surface area (Å²) in [6.45, 7) is 2.43. The van der Waals surface area contributed by atoms with E-state index in [-0.39, 0.29) is 11.9 Å². The largest absolute Gasteiger partial charge is 0.384 e. The van der Waals surface area contributed by atoms with Gasteiger partial charge in [-0.3, -0.25) is 4.79 Å². The second kappa shape index (κ2) is 7.16. The number of aliphatic hydroxyl groups is 1. The van der Waals surface area contributed by atoms with Crippen molar-refractivity contribution in [2.45, 2.75) is 37.8 Å². The lowest BCUT2D eigenvalue weighted by Gasteiger charge is -2.26. The van der Waals surface area contributed by atoms with Gasteiger partial charge in [-0.2, -0.15) is 0 Å². The number of para-hydroxylation sites is 1. The minimum atomic E-state index is -0.833. The van der Waals surface area contributed by atoms with Gasteiger partial charge in [-0.1, -0.05) is 42.5 Å². The van der Waals surface area contributed by atoms with E-state index in [1.54, 1.807) is 0 Å². The lowest BCUT2D eigenvalue weighted by atomic mass is 9.95. The third kappa shape index (κ3) is 3.83. The molecule has 0 radical (unpaired) electrons. The van der Waals surface area contributed by atoms with Crippen LogP contribution >= 0.6 is 0 Å². The van der Waals surface area contributed by atoms with Crippen molar-refractivity contribution in [3.05, 3.63) is 65.7 Å². The van der Waals surface area contributed by atoms with Crippen LogP contribution in [-0.4, -0.2) is 23.6 Å². The van der Waals surface area contributed by atoms with E-state index in [9.17, 15) is 9.90 Å². The number of hydrogen-bond donors (Lipinski definition) is 3. The highest BCUT2D eigenvalue weighted by molar-refractivity contribution is 5.90. The first kappa shape index (κ1) is 16.7. The number of aryl methyl sites for hydroxylation is 1. The maximum Gasteiger partial charge on any atom is 0.225 e. The molecule has 2 atom stereocenters. The van der Waals surface area contributed by atoms with E-state index in [2.05, 4.69) is 16.7 Å². The van der Waals surface area contributed by atoms with Gasteiger partial charge in [0.05, 0.1) is 0 Å². The lowest BCUT2D eigenvalue weighted by Crippen LogP contribution is -2.41. The highest BCUT2D eigenvalue weighted by Crippen LogP contribution is 2.36. The number of fused-ring (bicyclic) bond motifs is 1.